The molecule has 1 atom stereocenters. The van der Waals surface area contributed by atoms with E-state index in [1.165, 1.54) is 83.1 Å². The summed E-state index contributed by atoms with van der Waals surface area (Å²) in [5.41, 5.74) is 0. The van der Waals surface area contributed by atoms with Gasteiger partial charge in [-0.1, -0.05) is 109 Å². The fourth-order valence-corrected chi connectivity index (χ4v) is 3.57. The smallest absolute Gasteiger partial charge is 0.309 e. The van der Waals surface area contributed by atoms with Crippen molar-refractivity contribution in [1.82, 2.24) is 0 Å². The lowest BCUT2D eigenvalue weighted by molar-refractivity contribution is -0.152. The van der Waals surface area contributed by atoms with Gasteiger partial charge in [-0.3, -0.25) is 9.59 Å². The molecule has 0 aromatic carbocycles. The van der Waals surface area contributed by atoms with Crippen LogP contribution in [-0.2, 0) is 14.3 Å². The number of hydrogen-bond acceptors (Lipinski definition) is 3. The van der Waals surface area contributed by atoms with Crippen molar-refractivity contribution in [3.8, 4) is 0 Å². The Morgan fingerprint density at radius 1 is 0.833 bits per heavy atom. The van der Waals surface area contributed by atoms with Gasteiger partial charge in [-0.25, -0.2) is 0 Å². The van der Waals surface area contributed by atoms with Crippen LogP contribution in [0.3, 0.4) is 0 Å². The molecule has 0 aliphatic rings. The van der Waals surface area contributed by atoms with E-state index in [1.54, 1.807) is 0 Å². The summed E-state index contributed by atoms with van der Waals surface area (Å²) < 4.78 is 5.01. The van der Waals surface area contributed by atoms with Gasteiger partial charge < -0.3 is 9.84 Å². The molecule has 0 spiro atoms. The van der Waals surface area contributed by atoms with Crippen LogP contribution in [0, 0.1) is 5.92 Å². The molecular formula is C26H46O4. The maximum Gasteiger partial charge on any atom is 0.309 e. The highest BCUT2D eigenvalue weighted by Gasteiger charge is 2.22. The van der Waals surface area contributed by atoms with Crippen LogP contribution in [0.5, 0.6) is 0 Å². The lowest BCUT2D eigenvalue weighted by atomic mass is 9.97. The number of unbranched alkanes of at least 4 members (excludes halogenated alkanes) is 13. The van der Waals surface area contributed by atoms with Crippen molar-refractivity contribution in [1.29, 1.82) is 0 Å². The number of esters is 1. The van der Waals surface area contributed by atoms with Crippen LogP contribution in [0.4, 0.5) is 0 Å². The molecule has 0 amide bonds. The molecule has 0 bridgehead atoms. The number of allylic oxidation sites excluding steroid dienone is 2. The third kappa shape index (κ3) is 19.7. The van der Waals surface area contributed by atoms with Gasteiger partial charge in [0.05, 0.1) is 12.3 Å². The Morgan fingerprint density at radius 3 is 1.83 bits per heavy atom. The predicted octanol–water partition coefficient (Wildman–Crippen LogP) is 7.62. The fraction of sp³-hybridized carbons (Fsp3) is 0.769. The summed E-state index contributed by atoms with van der Waals surface area (Å²) in [6.45, 7) is 5.89. The summed E-state index contributed by atoms with van der Waals surface area (Å²) in [6, 6.07) is 0. The highest BCUT2D eigenvalue weighted by molar-refractivity contribution is 5.79. The molecule has 30 heavy (non-hydrogen) atoms. The number of aliphatic carboxylic acids is 1. The van der Waals surface area contributed by atoms with Crippen molar-refractivity contribution in [2.45, 2.75) is 116 Å². The number of carboxylic acids is 1. The van der Waals surface area contributed by atoms with Crippen LogP contribution in [0.25, 0.3) is 0 Å². The maximum atomic E-state index is 11.9. The van der Waals surface area contributed by atoms with Crippen LogP contribution in [-0.4, -0.2) is 23.7 Å². The average Bonchev–Trinajstić information content (AvgIpc) is 2.73. The average molecular weight is 423 g/mol. The number of ether oxygens (including phenoxy) is 1. The molecule has 0 fully saturated rings. The zero-order valence-corrected chi connectivity index (χ0v) is 19.4. The molecule has 174 valence electrons. The van der Waals surface area contributed by atoms with Gasteiger partial charge in [0.2, 0.25) is 0 Å². The van der Waals surface area contributed by atoms with Gasteiger partial charge in [-0.05, 0) is 25.7 Å². The van der Waals surface area contributed by atoms with E-state index in [0.717, 1.165) is 19.3 Å². The number of carbonyl (C=O) groups excluding carboxylic acids is 1. The molecule has 0 radical (unpaired) electrons. The zero-order valence-electron chi connectivity index (χ0n) is 19.4. The van der Waals surface area contributed by atoms with Crippen molar-refractivity contribution < 1.29 is 19.4 Å². The summed E-state index contributed by atoms with van der Waals surface area (Å²) in [5, 5.41) is 8.97. The van der Waals surface area contributed by atoms with Crippen LogP contribution in [0.2, 0.25) is 0 Å². The Bertz CT molecular complexity index is 456. The Kier molecular flexibility index (Phi) is 20.9. The zero-order chi connectivity index (χ0) is 22.3. The third-order valence-electron chi connectivity index (χ3n) is 5.41. The topological polar surface area (TPSA) is 63.6 Å². The van der Waals surface area contributed by atoms with Crippen LogP contribution in [0.1, 0.15) is 116 Å². The molecule has 0 heterocycles. The van der Waals surface area contributed by atoms with Gasteiger partial charge in [0.1, 0.15) is 6.61 Å². The Morgan fingerprint density at radius 2 is 1.33 bits per heavy atom. The summed E-state index contributed by atoms with van der Waals surface area (Å²) >= 11 is 0. The van der Waals surface area contributed by atoms with Gasteiger partial charge in [0.15, 0.2) is 0 Å². The van der Waals surface area contributed by atoms with E-state index in [4.69, 9.17) is 9.84 Å². The highest BCUT2D eigenvalue weighted by Crippen LogP contribution is 2.18. The van der Waals surface area contributed by atoms with E-state index in [0.29, 0.717) is 6.42 Å². The van der Waals surface area contributed by atoms with Crippen molar-refractivity contribution in [2.24, 2.45) is 5.92 Å². The predicted molar refractivity (Wildman–Crippen MR) is 126 cm³/mol. The van der Waals surface area contributed by atoms with E-state index in [1.807, 2.05) is 0 Å². The summed E-state index contributed by atoms with van der Waals surface area (Å²) in [4.78, 5) is 22.8. The van der Waals surface area contributed by atoms with Crippen LogP contribution >= 0.6 is 0 Å². The quantitative estimate of drug-likeness (QED) is 0.111. The van der Waals surface area contributed by atoms with Gasteiger partial charge in [0.25, 0.3) is 0 Å². The molecule has 0 aliphatic carbocycles. The Hall–Kier alpha value is -1.58. The molecule has 4 nitrogen and oxygen atoms in total. The van der Waals surface area contributed by atoms with Crippen LogP contribution < -0.4 is 0 Å². The summed E-state index contributed by atoms with van der Waals surface area (Å²) in [6.07, 6.45) is 25.3. The Balaban J connectivity index is 3.50. The molecule has 0 saturated heterocycles. The van der Waals surface area contributed by atoms with Crippen molar-refractivity contribution in [3.63, 3.8) is 0 Å². The first kappa shape index (κ1) is 28.4. The number of carboxylic acid groups (broad SMARTS) is 1. The summed E-state index contributed by atoms with van der Waals surface area (Å²) in [5.74, 6) is -1.89. The van der Waals surface area contributed by atoms with Gasteiger partial charge >= 0.3 is 11.9 Å². The number of rotatable bonds is 22. The van der Waals surface area contributed by atoms with E-state index in [-0.39, 0.29) is 13.0 Å². The lowest BCUT2D eigenvalue weighted by Gasteiger charge is -2.13. The lowest BCUT2D eigenvalue weighted by Crippen LogP contribution is -2.21. The fourth-order valence-electron chi connectivity index (χ4n) is 3.57. The van der Waals surface area contributed by atoms with E-state index >= 15 is 0 Å². The SMILES string of the molecule is C=CCOC(=O)C(CCCCCCCCCCCCC/C=C/CCCC)CC(=O)O. The minimum absolute atomic E-state index is 0.144. The minimum Gasteiger partial charge on any atom is -0.481 e. The number of carbonyl (C=O) groups is 2. The summed E-state index contributed by atoms with van der Waals surface area (Å²) in [7, 11) is 0. The second-order valence-electron chi connectivity index (χ2n) is 8.29. The highest BCUT2D eigenvalue weighted by atomic mass is 16.5. The molecule has 0 aromatic rings. The third-order valence-corrected chi connectivity index (χ3v) is 5.41. The largest absolute Gasteiger partial charge is 0.481 e. The first-order valence-corrected chi connectivity index (χ1v) is 12.3. The molecule has 1 unspecified atom stereocenters. The maximum absolute atomic E-state index is 11.9. The van der Waals surface area contributed by atoms with E-state index < -0.39 is 17.9 Å². The molecule has 0 aromatic heterocycles. The minimum atomic E-state index is -0.945. The van der Waals surface area contributed by atoms with Crippen molar-refractivity contribution in [3.05, 3.63) is 24.8 Å². The second kappa shape index (κ2) is 22.1. The van der Waals surface area contributed by atoms with Gasteiger partial charge in [0, 0.05) is 0 Å². The Labute approximate surface area is 185 Å². The van der Waals surface area contributed by atoms with E-state index in [9.17, 15) is 9.59 Å². The molecule has 0 aliphatic heterocycles. The van der Waals surface area contributed by atoms with Crippen LogP contribution in [0.15, 0.2) is 24.8 Å². The first-order valence-electron chi connectivity index (χ1n) is 12.3. The molecule has 1 N–H and O–H groups in total. The first-order chi connectivity index (χ1) is 14.6. The molecule has 0 saturated carbocycles. The second-order valence-corrected chi connectivity index (χ2v) is 8.29. The monoisotopic (exact) mass is 422 g/mol. The van der Waals surface area contributed by atoms with Gasteiger partial charge in [-0.2, -0.15) is 0 Å². The molecule has 0 rings (SSSR count). The molecule has 4 heteroatoms. The molecular weight excluding hydrogens is 376 g/mol. The standard InChI is InChI=1S/C26H46O4/c1-3-5-6-7-8-9-10-11-12-13-14-15-16-17-18-19-20-21-24(23-25(27)28)26(29)30-22-4-2/h4,7-8,24H,2-3,5-6,9-23H2,1H3,(H,27,28)/b8-7+. The van der Waals surface area contributed by atoms with Crippen molar-refractivity contribution in [2.75, 3.05) is 6.61 Å². The normalized spacial score (nSPS) is 12.2. The van der Waals surface area contributed by atoms with E-state index in [2.05, 4.69) is 25.7 Å². The number of hydrogen-bond donors (Lipinski definition) is 1. The van der Waals surface area contributed by atoms with Crippen molar-refractivity contribution >= 4 is 11.9 Å². The van der Waals surface area contributed by atoms with Gasteiger partial charge in [-0.15, -0.1) is 0 Å².